The second kappa shape index (κ2) is 9.15. The van der Waals surface area contributed by atoms with Gasteiger partial charge in [-0.15, -0.1) is 0 Å². The lowest BCUT2D eigenvalue weighted by atomic mass is 9.88. The Morgan fingerprint density at radius 1 is 1.21 bits per heavy atom. The first-order chi connectivity index (χ1) is 15.3. The fourth-order valence-electron chi connectivity index (χ4n) is 4.15. The maximum atomic E-state index is 15.5. The van der Waals surface area contributed by atoms with Gasteiger partial charge >= 0.3 is 6.18 Å². The van der Waals surface area contributed by atoms with Crippen LogP contribution in [-0.2, 0) is 11.0 Å². The zero-order valence-electron chi connectivity index (χ0n) is 19.1. The van der Waals surface area contributed by atoms with Crippen molar-refractivity contribution in [3.05, 3.63) is 47.5 Å². The first-order valence-electron chi connectivity index (χ1n) is 10.8. The van der Waals surface area contributed by atoms with Crippen LogP contribution in [0.4, 0.5) is 29.2 Å². The van der Waals surface area contributed by atoms with Crippen LogP contribution in [0.5, 0.6) is 0 Å². The van der Waals surface area contributed by atoms with Crippen molar-refractivity contribution in [3.8, 4) is 0 Å². The molecular weight excluding hydrogens is 438 g/mol. The Bertz CT molecular complexity index is 988. The number of alkyl halides is 3. The molecule has 180 valence electrons. The molecule has 1 aliphatic heterocycles. The highest BCUT2D eigenvalue weighted by Crippen LogP contribution is 2.40. The third-order valence-corrected chi connectivity index (χ3v) is 5.65. The molecule has 0 bridgehead atoms. The Morgan fingerprint density at radius 3 is 2.39 bits per heavy atom. The number of anilines is 2. The molecule has 0 spiro atoms. The minimum absolute atomic E-state index is 0.0285. The van der Waals surface area contributed by atoms with Crippen LogP contribution >= 0.6 is 0 Å². The van der Waals surface area contributed by atoms with Crippen molar-refractivity contribution in [1.82, 2.24) is 9.97 Å². The fraction of sp³-hybridized carbons (Fsp3) is 0.522. The number of benzene rings is 1. The summed E-state index contributed by atoms with van der Waals surface area (Å²) in [6.07, 6.45) is -2.23. The quantitative estimate of drug-likeness (QED) is 0.589. The number of hydrogen-bond acceptors (Lipinski definition) is 5. The molecule has 0 aliphatic carbocycles. The van der Waals surface area contributed by atoms with Crippen molar-refractivity contribution < 1.29 is 22.4 Å². The van der Waals surface area contributed by atoms with Gasteiger partial charge in [0.05, 0.1) is 11.6 Å². The number of halogens is 4. The zero-order chi connectivity index (χ0) is 24.6. The highest BCUT2D eigenvalue weighted by molar-refractivity contribution is 5.82. The highest BCUT2D eigenvalue weighted by atomic mass is 19.4. The Labute approximate surface area is 190 Å². The lowest BCUT2D eigenvalue weighted by molar-refractivity contribution is -0.137. The molecule has 1 amide bonds. The van der Waals surface area contributed by atoms with E-state index in [-0.39, 0.29) is 29.0 Å². The molecule has 0 radical (unpaired) electrons. The number of nitrogens with zero attached hydrogens (tertiary/aromatic N) is 3. The molecule has 10 heteroatoms. The minimum Gasteiger partial charge on any atom is -0.368 e. The first-order valence-corrected chi connectivity index (χ1v) is 10.8. The SMILES string of the molecule is CC1CC(c2ccc(C(F)(F)F)cc2)N(c2ncnc(NC(CC(C)(C)C)C(N)=O)c2F)C1. The normalized spacial score (nSPS) is 20.1. The van der Waals surface area contributed by atoms with Gasteiger partial charge in [0.25, 0.3) is 0 Å². The maximum Gasteiger partial charge on any atom is 0.416 e. The van der Waals surface area contributed by atoms with Crippen LogP contribution in [-0.4, -0.2) is 28.5 Å². The van der Waals surface area contributed by atoms with E-state index in [1.165, 1.54) is 18.5 Å². The Morgan fingerprint density at radius 2 is 1.85 bits per heavy atom. The number of aromatic nitrogens is 2. The van der Waals surface area contributed by atoms with E-state index in [0.717, 1.165) is 12.1 Å². The molecule has 1 aromatic heterocycles. The van der Waals surface area contributed by atoms with Crippen molar-refractivity contribution in [1.29, 1.82) is 0 Å². The van der Waals surface area contributed by atoms with E-state index < -0.39 is 29.5 Å². The predicted molar refractivity (Wildman–Crippen MR) is 118 cm³/mol. The minimum atomic E-state index is -4.43. The number of carbonyl (C=O) groups excluding carboxylic acids is 1. The summed E-state index contributed by atoms with van der Waals surface area (Å²) >= 11 is 0. The molecule has 6 nitrogen and oxygen atoms in total. The summed E-state index contributed by atoms with van der Waals surface area (Å²) in [5.41, 5.74) is 5.17. The standard InChI is InChI=1S/C23H29F4N5O/c1-13-9-17(14-5-7-15(8-6-14)23(25,26)27)32(11-13)21-18(24)20(29-12-30-21)31-16(19(28)33)10-22(2,3)4/h5-8,12-13,16-17H,9-11H2,1-4H3,(H2,28,33)(H,29,30,31). The Balaban J connectivity index is 1.91. The van der Waals surface area contributed by atoms with Crippen LogP contribution in [0.1, 0.15) is 57.7 Å². The Hall–Kier alpha value is -2.91. The number of rotatable bonds is 6. The third-order valence-electron chi connectivity index (χ3n) is 5.65. The topological polar surface area (TPSA) is 84.1 Å². The van der Waals surface area contributed by atoms with Crippen LogP contribution < -0.4 is 16.0 Å². The summed E-state index contributed by atoms with van der Waals surface area (Å²) < 4.78 is 54.3. The van der Waals surface area contributed by atoms with Gasteiger partial charge in [0, 0.05) is 6.54 Å². The summed E-state index contributed by atoms with van der Waals surface area (Å²) in [5.74, 6) is -1.30. The summed E-state index contributed by atoms with van der Waals surface area (Å²) in [7, 11) is 0. The molecule has 3 atom stereocenters. The van der Waals surface area contributed by atoms with Gasteiger partial charge < -0.3 is 16.0 Å². The molecule has 3 N–H and O–H groups in total. The molecule has 1 fully saturated rings. The largest absolute Gasteiger partial charge is 0.416 e. The van der Waals surface area contributed by atoms with Crippen molar-refractivity contribution in [3.63, 3.8) is 0 Å². The lowest BCUT2D eigenvalue weighted by Crippen LogP contribution is -2.39. The molecule has 1 saturated heterocycles. The number of primary amides is 1. The Kier molecular flexibility index (Phi) is 6.85. The van der Waals surface area contributed by atoms with Crippen molar-refractivity contribution in [2.45, 2.75) is 58.8 Å². The molecule has 3 unspecified atom stereocenters. The van der Waals surface area contributed by atoms with Gasteiger partial charge in [0.2, 0.25) is 11.7 Å². The summed E-state index contributed by atoms with van der Waals surface area (Å²) in [6.45, 7) is 8.27. The van der Waals surface area contributed by atoms with E-state index in [4.69, 9.17) is 5.73 Å². The van der Waals surface area contributed by atoms with Crippen LogP contribution in [0.15, 0.2) is 30.6 Å². The van der Waals surface area contributed by atoms with Crippen molar-refractivity contribution in [2.24, 2.45) is 17.1 Å². The van der Waals surface area contributed by atoms with Crippen LogP contribution in [0, 0.1) is 17.2 Å². The number of amides is 1. The van der Waals surface area contributed by atoms with Gasteiger partial charge in [-0.1, -0.05) is 39.8 Å². The van der Waals surface area contributed by atoms with E-state index in [9.17, 15) is 18.0 Å². The summed E-state index contributed by atoms with van der Waals surface area (Å²) in [4.78, 5) is 21.7. The monoisotopic (exact) mass is 467 g/mol. The molecule has 1 aromatic carbocycles. The zero-order valence-corrected chi connectivity index (χ0v) is 19.1. The maximum absolute atomic E-state index is 15.5. The van der Waals surface area contributed by atoms with Crippen molar-refractivity contribution in [2.75, 3.05) is 16.8 Å². The van der Waals surface area contributed by atoms with Gasteiger partial charge in [0.1, 0.15) is 12.4 Å². The van der Waals surface area contributed by atoms with E-state index in [1.807, 2.05) is 27.7 Å². The average Bonchev–Trinajstić information content (AvgIpc) is 3.08. The number of carbonyl (C=O) groups is 1. The fourth-order valence-corrected chi connectivity index (χ4v) is 4.15. The molecule has 3 rings (SSSR count). The van der Waals surface area contributed by atoms with Gasteiger partial charge in [-0.3, -0.25) is 4.79 Å². The molecule has 33 heavy (non-hydrogen) atoms. The summed E-state index contributed by atoms with van der Waals surface area (Å²) in [5, 5.41) is 2.80. The highest BCUT2D eigenvalue weighted by Gasteiger charge is 2.36. The van der Waals surface area contributed by atoms with E-state index in [1.54, 1.807) is 4.90 Å². The molecule has 1 aliphatic rings. The first kappa shape index (κ1) is 24.7. The van der Waals surface area contributed by atoms with Crippen LogP contribution in [0.3, 0.4) is 0 Å². The molecular formula is C23H29F4N5O. The molecule has 0 saturated carbocycles. The van der Waals surface area contributed by atoms with Gasteiger partial charge in [-0.25, -0.2) is 9.97 Å². The van der Waals surface area contributed by atoms with E-state index in [0.29, 0.717) is 24.9 Å². The van der Waals surface area contributed by atoms with Crippen LogP contribution in [0.2, 0.25) is 0 Å². The average molecular weight is 468 g/mol. The second-order valence-corrected chi connectivity index (χ2v) is 9.85. The second-order valence-electron chi connectivity index (χ2n) is 9.85. The number of nitrogens with two attached hydrogens (primary N) is 1. The van der Waals surface area contributed by atoms with Gasteiger partial charge in [-0.2, -0.15) is 17.6 Å². The van der Waals surface area contributed by atoms with E-state index >= 15 is 4.39 Å². The third kappa shape index (κ3) is 5.91. The van der Waals surface area contributed by atoms with Crippen molar-refractivity contribution >= 4 is 17.5 Å². The smallest absolute Gasteiger partial charge is 0.368 e. The molecule has 2 aromatic rings. The number of hydrogen-bond donors (Lipinski definition) is 2. The van der Waals surface area contributed by atoms with Crippen LogP contribution in [0.25, 0.3) is 0 Å². The van der Waals surface area contributed by atoms with E-state index in [2.05, 4.69) is 15.3 Å². The molecule has 2 heterocycles. The lowest BCUT2D eigenvalue weighted by Gasteiger charge is -2.28. The number of nitrogens with one attached hydrogen (secondary N) is 1. The van der Waals surface area contributed by atoms with Gasteiger partial charge in [0.15, 0.2) is 11.6 Å². The predicted octanol–water partition coefficient (Wildman–Crippen LogP) is 4.92. The van der Waals surface area contributed by atoms with Gasteiger partial charge in [-0.05, 0) is 41.9 Å². The summed E-state index contributed by atoms with van der Waals surface area (Å²) in [6, 6.07) is 3.73.